The van der Waals surface area contributed by atoms with Gasteiger partial charge in [0.05, 0.1) is 6.61 Å². The molecule has 3 atom stereocenters. The minimum absolute atomic E-state index is 0.0115. The number of alkyl carbamates (subject to hydrolysis) is 1. The van der Waals surface area contributed by atoms with E-state index in [1.165, 1.54) is 6.42 Å². The van der Waals surface area contributed by atoms with E-state index < -0.39 is 12.1 Å². The van der Waals surface area contributed by atoms with Gasteiger partial charge in [0.25, 0.3) is 0 Å². The van der Waals surface area contributed by atoms with Crippen LogP contribution in [0, 0.1) is 17.8 Å². The van der Waals surface area contributed by atoms with Gasteiger partial charge in [-0.25, -0.2) is 4.79 Å². The van der Waals surface area contributed by atoms with Crippen LogP contribution < -0.4 is 10.6 Å². The number of nitrogens with one attached hydrogen (secondary N) is 2. The second-order valence-electron chi connectivity index (χ2n) is 8.47. The molecule has 1 saturated heterocycles. The van der Waals surface area contributed by atoms with Crippen LogP contribution >= 0.6 is 0 Å². The van der Waals surface area contributed by atoms with Crippen molar-refractivity contribution in [2.45, 2.75) is 66.5 Å². The molecule has 25 heavy (non-hydrogen) atoms. The average Bonchev–Trinajstić information content (AvgIpc) is 2.49. The molecular weight excluding hydrogens is 318 g/mol. The van der Waals surface area contributed by atoms with E-state index in [1.807, 2.05) is 13.8 Å². The van der Waals surface area contributed by atoms with Crippen molar-refractivity contribution in [1.29, 1.82) is 0 Å². The van der Waals surface area contributed by atoms with Gasteiger partial charge in [0.15, 0.2) is 0 Å². The number of carbonyl (C=O) groups is 2. The van der Waals surface area contributed by atoms with Crippen LogP contribution in [-0.2, 0) is 9.53 Å². The second kappa shape index (κ2) is 9.41. The molecule has 0 saturated carbocycles. The van der Waals surface area contributed by atoms with Crippen molar-refractivity contribution >= 4 is 12.0 Å². The topological polar surface area (TPSA) is 70.7 Å². The Hall–Kier alpha value is -1.30. The number of likely N-dealkylation sites (tertiary alicyclic amines) is 1. The number of rotatable bonds is 7. The van der Waals surface area contributed by atoms with E-state index in [9.17, 15) is 9.59 Å². The maximum Gasteiger partial charge on any atom is 0.407 e. The number of nitrogens with zero attached hydrogens (tertiary/aromatic N) is 1. The van der Waals surface area contributed by atoms with Crippen molar-refractivity contribution in [1.82, 2.24) is 15.5 Å². The molecule has 0 radical (unpaired) electrons. The number of ether oxygens (including phenoxy) is 1. The highest BCUT2D eigenvalue weighted by molar-refractivity contribution is 5.85. The largest absolute Gasteiger partial charge is 0.450 e. The summed E-state index contributed by atoms with van der Waals surface area (Å²) in [4.78, 5) is 26.7. The molecule has 1 fully saturated rings. The molecule has 0 aliphatic carbocycles. The van der Waals surface area contributed by atoms with E-state index in [-0.39, 0.29) is 24.0 Å². The van der Waals surface area contributed by atoms with Crippen LogP contribution in [0.3, 0.4) is 0 Å². The SMILES string of the molecule is CCOC(=O)NC(C(=O)NCC(C)(C)N1CC(C)CC(C)C1)C(C)C. The maximum atomic E-state index is 12.6. The maximum absolute atomic E-state index is 12.6. The van der Waals surface area contributed by atoms with Gasteiger partial charge < -0.3 is 15.4 Å². The zero-order valence-electron chi connectivity index (χ0n) is 17.0. The van der Waals surface area contributed by atoms with Gasteiger partial charge in [-0.2, -0.15) is 0 Å². The summed E-state index contributed by atoms with van der Waals surface area (Å²) in [5.74, 6) is 1.18. The third-order valence-electron chi connectivity index (χ3n) is 4.92. The molecule has 1 heterocycles. The Labute approximate surface area is 153 Å². The average molecular weight is 356 g/mol. The molecule has 0 aromatic carbocycles. The Morgan fingerprint density at radius 2 is 1.76 bits per heavy atom. The first kappa shape index (κ1) is 21.7. The first-order valence-electron chi connectivity index (χ1n) is 9.52. The molecule has 1 aliphatic rings. The lowest BCUT2D eigenvalue weighted by Crippen LogP contribution is -2.58. The summed E-state index contributed by atoms with van der Waals surface area (Å²) in [6, 6.07) is -0.589. The molecule has 146 valence electrons. The molecule has 3 unspecified atom stereocenters. The van der Waals surface area contributed by atoms with Crippen LogP contribution in [0.1, 0.15) is 54.9 Å². The third-order valence-corrected chi connectivity index (χ3v) is 4.92. The standard InChI is InChI=1S/C19H37N3O3/c1-8-25-18(24)21-16(13(2)3)17(23)20-12-19(6,7)22-10-14(4)9-15(5)11-22/h13-16H,8-12H2,1-7H3,(H,20,23)(H,21,24). The monoisotopic (exact) mass is 355 g/mol. The van der Waals surface area contributed by atoms with Crippen molar-refractivity contribution < 1.29 is 14.3 Å². The predicted octanol–water partition coefficient (Wildman–Crippen LogP) is 2.63. The van der Waals surface area contributed by atoms with Gasteiger partial charge in [-0.15, -0.1) is 0 Å². The highest BCUT2D eigenvalue weighted by Gasteiger charge is 2.34. The van der Waals surface area contributed by atoms with Gasteiger partial charge >= 0.3 is 6.09 Å². The Kier molecular flexibility index (Phi) is 8.19. The summed E-state index contributed by atoms with van der Waals surface area (Å²) in [6.45, 7) is 17.4. The molecule has 2 amide bonds. The molecule has 6 heteroatoms. The molecule has 6 nitrogen and oxygen atoms in total. The lowest BCUT2D eigenvalue weighted by Gasteiger charge is -2.45. The van der Waals surface area contributed by atoms with Gasteiger partial charge in [0, 0.05) is 25.2 Å². The number of carbonyl (C=O) groups excluding carboxylic acids is 2. The summed E-state index contributed by atoms with van der Waals surface area (Å²) in [5, 5.41) is 5.69. The van der Waals surface area contributed by atoms with Gasteiger partial charge in [-0.3, -0.25) is 9.69 Å². The smallest absolute Gasteiger partial charge is 0.407 e. The fraction of sp³-hybridized carbons (Fsp3) is 0.895. The highest BCUT2D eigenvalue weighted by atomic mass is 16.5. The number of piperidine rings is 1. The van der Waals surface area contributed by atoms with Crippen LogP contribution in [0.5, 0.6) is 0 Å². The van der Waals surface area contributed by atoms with Crippen molar-refractivity contribution in [3.63, 3.8) is 0 Å². The van der Waals surface area contributed by atoms with E-state index in [1.54, 1.807) is 6.92 Å². The molecule has 0 aromatic heterocycles. The van der Waals surface area contributed by atoms with E-state index in [2.05, 4.69) is 43.2 Å². The Morgan fingerprint density at radius 1 is 1.20 bits per heavy atom. The van der Waals surface area contributed by atoms with E-state index in [0.717, 1.165) is 13.1 Å². The summed E-state index contributed by atoms with van der Waals surface area (Å²) in [5.41, 5.74) is -0.121. The van der Waals surface area contributed by atoms with Crippen LogP contribution in [0.2, 0.25) is 0 Å². The van der Waals surface area contributed by atoms with E-state index in [4.69, 9.17) is 4.74 Å². The lowest BCUT2D eigenvalue weighted by molar-refractivity contribution is -0.124. The minimum atomic E-state index is -0.589. The van der Waals surface area contributed by atoms with E-state index >= 15 is 0 Å². The fourth-order valence-corrected chi connectivity index (χ4v) is 3.52. The molecule has 2 N–H and O–H groups in total. The van der Waals surface area contributed by atoms with Gasteiger partial charge in [-0.1, -0.05) is 27.7 Å². The van der Waals surface area contributed by atoms with Crippen molar-refractivity contribution in [2.75, 3.05) is 26.2 Å². The first-order valence-corrected chi connectivity index (χ1v) is 9.52. The third kappa shape index (κ3) is 6.84. The number of hydrogen-bond acceptors (Lipinski definition) is 4. The van der Waals surface area contributed by atoms with Crippen molar-refractivity contribution in [3.05, 3.63) is 0 Å². The van der Waals surface area contributed by atoms with Crippen LogP contribution in [0.4, 0.5) is 4.79 Å². The lowest BCUT2D eigenvalue weighted by atomic mass is 9.88. The zero-order chi connectivity index (χ0) is 19.2. The van der Waals surface area contributed by atoms with Gasteiger partial charge in [0.1, 0.15) is 6.04 Å². The zero-order valence-corrected chi connectivity index (χ0v) is 17.0. The normalized spacial score (nSPS) is 23.2. The van der Waals surface area contributed by atoms with Gasteiger partial charge in [-0.05, 0) is 44.9 Å². The Morgan fingerprint density at radius 3 is 2.24 bits per heavy atom. The fourth-order valence-electron chi connectivity index (χ4n) is 3.52. The summed E-state index contributed by atoms with van der Waals surface area (Å²) >= 11 is 0. The van der Waals surface area contributed by atoms with Gasteiger partial charge in [0.2, 0.25) is 5.91 Å². The summed E-state index contributed by atoms with van der Waals surface area (Å²) < 4.78 is 4.90. The number of hydrogen-bond donors (Lipinski definition) is 2. The van der Waals surface area contributed by atoms with E-state index in [0.29, 0.717) is 18.4 Å². The quantitative estimate of drug-likeness (QED) is 0.736. The summed E-state index contributed by atoms with van der Waals surface area (Å²) in [6.07, 6.45) is 0.715. The van der Waals surface area contributed by atoms with Crippen molar-refractivity contribution in [2.24, 2.45) is 17.8 Å². The molecule has 1 rings (SSSR count). The van der Waals surface area contributed by atoms with Crippen LogP contribution in [-0.4, -0.2) is 54.7 Å². The highest BCUT2D eigenvalue weighted by Crippen LogP contribution is 2.26. The second-order valence-corrected chi connectivity index (χ2v) is 8.47. The summed E-state index contributed by atoms with van der Waals surface area (Å²) in [7, 11) is 0. The number of amides is 2. The molecule has 0 aromatic rings. The molecule has 0 spiro atoms. The van der Waals surface area contributed by atoms with Crippen LogP contribution in [0.25, 0.3) is 0 Å². The Bertz CT molecular complexity index is 441. The predicted molar refractivity (Wildman–Crippen MR) is 100 cm³/mol. The first-order chi connectivity index (χ1) is 11.6. The molecular formula is C19H37N3O3. The van der Waals surface area contributed by atoms with Crippen LogP contribution in [0.15, 0.2) is 0 Å². The van der Waals surface area contributed by atoms with Crippen molar-refractivity contribution in [3.8, 4) is 0 Å². The molecule has 1 aliphatic heterocycles. The minimum Gasteiger partial charge on any atom is -0.450 e. The Balaban J connectivity index is 2.63. The molecule has 0 bridgehead atoms.